The third-order valence-corrected chi connectivity index (χ3v) is 6.34. The van der Waals surface area contributed by atoms with E-state index in [0.717, 1.165) is 34.7 Å². The van der Waals surface area contributed by atoms with Crippen LogP contribution in [0.3, 0.4) is 0 Å². The van der Waals surface area contributed by atoms with Gasteiger partial charge in [0.15, 0.2) is 11.0 Å². The average Bonchev–Trinajstić information content (AvgIpc) is 3.36. The third kappa shape index (κ3) is 7.12. The summed E-state index contributed by atoms with van der Waals surface area (Å²) in [6, 6.07) is 22.4. The molecular weight excluding hydrogens is 510 g/mol. The summed E-state index contributed by atoms with van der Waals surface area (Å²) in [4.78, 5) is 12.5. The van der Waals surface area contributed by atoms with E-state index in [-0.39, 0.29) is 11.7 Å². The van der Waals surface area contributed by atoms with Gasteiger partial charge in [0.05, 0.1) is 25.7 Å². The number of methoxy groups -OCH3 is 1. The van der Waals surface area contributed by atoms with Crippen molar-refractivity contribution in [3.8, 4) is 28.6 Å². The number of hydrogen-bond acceptors (Lipinski definition) is 7. The Hall–Kier alpha value is -3.82. The molecule has 0 fully saturated rings. The molecule has 1 N–H and O–H groups in total. The number of ether oxygens (including phenoxy) is 2. The molecule has 4 aromatic rings. The Kier molecular flexibility index (Phi) is 9.18. The summed E-state index contributed by atoms with van der Waals surface area (Å²) in [5.74, 6) is 2.03. The Bertz CT molecular complexity index is 1340. The summed E-state index contributed by atoms with van der Waals surface area (Å²) >= 11 is 7.36. The molecule has 37 heavy (non-hydrogen) atoms. The number of carbonyl (C=O) groups is 1. The molecule has 0 spiro atoms. The molecule has 0 unspecified atom stereocenters. The maximum absolute atomic E-state index is 12.5. The molecule has 1 amide bonds. The lowest BCUT2D eigenvalue weighted by Gasteiger charge is -2.11. The quantitative estimate of drug-likeness (QED) is 0.152. The summed E-state index contributed by atoms with van der Waals surface area (Å²) in [5.41, 5.74) is 5.09. The predicted octanol–water partition coefficient (Wildman–Crippen LogP) is 5.63. The number of hydrazone groups is 1. The summed E-state index contributed by atoms with van der Waals surface area (Å²) in [5, 5.41) is 14.0. The van der Waals surface area contributed by atoms with Crippen LogP contribution in [-0.4, -0.2) is 46.4 Å². The number of carbonyl (C=O) groups excluding carboxylic acids is 1. The van der Waals surface area contributed by atoms with Crippen LogP contribution in [0.1, 0.15) is 18.9 Å². The average molecular weight is 536 g/mol. The molecule has 0 saturated heterocycles. The van der Waals surface area contributed by atoms with Gasteiger partial charge in [-0.25, -0.2) is 5.43 Å². The second-order valence-corrected chi connectivity index (χ2v) is 9.22. The van der Waals surface area contributed by atoms with Gasteiger partial charge in [-0.05, 0) is 84.8 Å². The highest BCUT2D eigenvalue weighted by atomic mass is 35.5. The van der Waals surface area contributed by atoms with E-state index in [1.165, 1.54) is 11.8 Å². The van der Waals surface area contributed by atoms with Crippen LogP contribution in [0.5, 0.6) is 11.5 Å². The van der Waals surface area contributed by atoms with Crippen molar-refractivity contribution in [3.63, 3.8) is 0 Å². The first kappa shape index (κ1) is 26.2. The molecule has 10 heteroatoms. The lowest BCUT2D eigenvalue weighted by atomic mass is 10.2. The maximum Gasteiger partial charge on any atom is 0.250 e. The highest BCUT2D eigenvalue weighted by Gasteiger charge is 2.17. The summed E-state index contributed by atoms with van der Waals surface area (Å²) in [7, 11) is 1.62. The molecule has 0 aliphatic carbocycles. The van der Waals surface area contributed by atoms with Crippen LogP contribution in [-0.2, 0) is 4.79 Å². The SMILES string of the molecule is CCCOc1ccc(C=NNC(=O)CSc2nnc(-c3ccc(OC)cc3)n2-c2ccc(Cl)cc2)cc1. The van der Waals surface area contributed by atoms with E-state index in [0.29, 0.717) is 22.6 Å². The zero-order chi connectivity index (χ0) is 26.0. The molecule has 1 aromatic heterocycles. The molecule has 0 saturated carbocycles. The number of amides is 1. The van der Waals surface area contributed by atoms with E-state index < -0.39 is 0 Å². The van der Waals surface area contributed by atoms with Gasteiger partial charge < -0.3 is 9.47 Å². The topological polar surface area (TPSA) is 90.6 Å². The molecular formula is C27H26ClN5O3S. The number of hydrogen-bond donors (Lipinski definition) is 1. The van der Waals surface area contributed by atoms with Gasteiger partial charge in [-0.3, -0.25) is 9.36 Å². The zero-order valence-electron chi connectivity index (χ0n) is 20.4. The molecule has 190 valence electrons. The Morgan fingerprint density at radius 2 is 1.73 bits per heavy atom. The van der Waals surface area contributed by atoms with Crippen LogP contribution < -0.4 is 14.9 Å². The van der Waals surface area contributed by atoms with Crippen LogP contribution >= 0.6 is 23.4 Å². The van der Waals surface area contributed by atoms with Crippen molar-refractivity contribution in [3.05, 3.63) is 83.4 Å². The Labute approximate surface area is 224 Å². The molecule has 0 bridgehead atoms. The van der Waals surface area contributed by atoms with Crippen molar-refractivity contribution in [1.82, 2.24) is 20.2 Å². The standard InChI is InChI=1S/C27H26ClN5O3S/c1-3-16-36-24-12-4-19(5-13-24)17-29-30-25(34)18-37-27-32-31-26(20-6-14-23(35-2)15-7-20)33(27)22-10-8-21(28)9-11-22/h4-15,17H,3,16,18H2,1-2H3,(H,30,34). The summed E-state index contributed by atoms with van der Waals surface area (Å²) < 4.78 is 12.7. The second kappa shape index (κ2) is 12.9. The minimum atomic E-state index is -0.263. The number of nitrogens with zero attached hydrogens (tertiary/aromatic N) is 4. The van der Waals surface area contributed by atoms with Gasteiger partial charge in [-0.1, -0.05) is 30.3 Å². The van der Waals surface area contributed by atoms with E-state index in [4.69, 9.17) is 21.1 Å². The Morgan fingerprint density at radius 1 is 1.03 bits per heavy atom. The fraction of sp³-hybridized carbons (Fsp3) is 0.185. The van der Waals surface area contributed by atoms with Gasteiger partial charge >= 0.3 is 0 Å². The number of benzene rings is 3. The van der Waals surface area contributed by atoms with Crippen LogP contribution in [0.15, 0.2) is 83.1 Å². The minimum Gasteiger partial charge on any atom is -0.497 e. The van der Waals surface area contributed by atoms with Crippen molar-refractivity contribution in [2.75, 3.05) is 19.5 Å². The van der Waals surface area contributed by atoms with Crippen molar-refractivity contribution in [2.45, 2.75) is 18.5 Å². The summed E-state index contributed by atoms with van der Waals surface area (Å²) in [6.45, 7) is 2.73. The second-order valence-electron chi connectivity index (χ2n) is 7.85. The van der Waals surface area contributed by atoms with E-state index in [1.54, 1.807) is 25.5 Å². The molecule has 3 aromatic carbocycles. The zero-order valence-corrected chi connectivity index (χ0v) is 22.0. The first-order valence-electron chi connectivity index (χ1n) is 11.6. The van der Waals surface area contributed by atoms with Crippen LogP contribution in [0, 0.1) is 0 Å². The molecule has 0 aliphatic heterocycles. The van der Waals surface area contributed by atoms with Gasteiger partial charge in [-0.2, -0.15) is 5.10 Å². The van der Waals surface area contributed by atoms with E-state index in [2.05, 4.69) is 27.6 Å². The van der Waals surface area contributed by atoms with Crippen LogP contribution in [0.4, 0.5) is 0 Å². The normalized spacial score (nSPS) is 11.0. The van der Waals surface area contributed by atoms with E-state index in [9.17, 15) is 4.79 Å². The monoisotopic (exact) mass is 535 g/mol. The van der Waals surface area contributed by atoms with Gasteiger partial charge in [0.1, 0.15) is 11.5 Å². The molecule has 1 heterocycles. The van der Waals surface area contributed by atoms with E-state index >= 15 is 0 Å². The lowest BCUT2D eigenvalue weighted by Crippen LogP contribution is -2.20. The summed E-state index contributed by atoms with van der Waals surface area (Å²) in [6.07, 6.45) is 2.54. The van der Waals surface area contributed by atoms with Crippen molar-refractivity contribution in [1.29, 1.82) is 0 Å². The Balaban J connectivity index is 1.44. The third-order valence-electron chi connectivity index (χ3n) is 5.15. The minimum absolute atomic E-state index is 0.107. The maximum atomic E-state index is 12.5. The predicted molar refractivity (Wildman–Crippen MR) is 147 cm³/mol. The highest BCUT2D eigenvalue weighted by Crippen LogP contribution is 2.29. The largest absolute Gasteiger partial charge is 0.497 e. The van der Waals surface area contributed by atoms with Crippen molar-refractivity contribution in [2.24, 2.45) is 5.10 Å². The van der Waals surface area contributed by atoms with Gasteiger partial charge in [0.2, 0.25) is 0 Å². The fourth-order valence-electron chi connectivity index (χ4n) is 3.32. The number of halogens is 1. The van der Waals surface area contributed by atoms with Gasteiger partial charge in [-0.15, -0.1) is 10.2 Å². The van der Waals surface area contributed by atoms with Gasteiger partial charge in [0, 0.05) is 16.3 Å². The first-order chi connectivity index (χ1) is 18.1. The first-order valence-corrected chi connectivity index (χ1v) is 13.0. The molecule has 8 nitrogen and oxygen atoms in total. The molecule has 4 rings (SSSR count). The lowest BCUT2D eigenvalue weighted by molar-refractivity contribution is -0.118. The number of nitrogens with one attached hydrogen (secondary N) is 1. The van der Waals surface area contributed by atoms with Crippen LogP contribution in [0.2, 0.25) is 5.02 Å². The Morgan fingerprint density at radius 3 is 2.41 bits per heavy atom. The molecule has 0 radical (unpaired) electrons. The number of aromatic nitrogens is 3. The van der Waals surface area contributed by atoms with Crippen molar-refractivity contribution >= 4 is 35.5 Å². The van der Waals surface area contributed by atoms with Crippen LogP contribution in [0.25, 0.3) is 17.1 Å². The van der Waals surface area contributed by atoms with Gasteiger partial charge in [0.25, 0.3) is 5.91 Å². The molecule has 0 aliphatic rings. The smallest absolute Gasteiger partial charge is 0.250 e. The number of rotatable bonds is 11. The molecule has 0 atom stereocenters. The number of thioether (sulfide) groups is 1. The van der Waals surface area contributed by atoms with E-state index in [1.807, 2.05) is 65.2 Å². The fourth-order valence-corrected chi connectivity index (χ4v) is 4.19. The highest BCUT2D eigenvalue weighted by molar-refractivity contribution is 7.99. The van der Waals surface area contributed by atoms with Crippen molar-refractivity contribution < 1.29 is 14.3 Å².